The van der Waals surface area contributed by atoms with Gasteiger partial charge >= 0.3 is 0 Å². The first kappa shape index (κ1) is 13.5. The average molecular weight is 268 g/mol. The Kier molecular flexibility index (Phi) is 3.75. The molecule has 0 radical (unpaired) electrons. The molecule has 0 saturated carbocycles. The molecule has 0 aromatic heterocycles. The first-order chi connectivity index (χ1) is 8.45. The quantitative estimate of drug-likeness (QED) is 0.900. The van der Waals surface area contributed by atoms with Crippen molar-refractivity contribution in [1.82, 2.24) is 4.31 Å². The third-order valence-corrected chi connectivity index (χ3v) is 5.42. The van der Waals surface area contributed by atoms with Gasteiger partial charge in [0.2, 0.25) is 10.0 Å². The van der Waals surface area contributed by atoms with Crippen molar-refractivity contribution in [2.24, 2.45) is 5.73 Å². The van der Waals surface area contributed by atoms with Crippen LogP contribution in [0.1, 0.15) is 31.7 Å². The Morgan fingerprint density at radius 3 is 2.33 bits per heavy atom. The maximum atomic E-state index is 12.2. The van der Waals surface area contributed by atoms with Gasteiger partial charge in [-0.05, 0) is 30.0 Å². The molecule has 1 atom stereocenters. The molecular weight excluding hydrogens is 248 g/mol. The van der Waals surface area contributed by atoms with Crippen LogP contribution < -0.4 is 5.73 Å². The molecule has 1 unspecified atom stereocenters. The summed E-state index contributed by atoms with van der Waals surface area (Å²) < 4.78 is 25.8. The summed E-state index contributed by atoms with van der Waals surface area (Å²) in [5.74, 6) is 0.458. The molecule has 1 heterocycles. The molecular formula is C13H20N2O2S. The molecule has 0 aliphatic carbocycles. The zero-order valence-corrected chi connectivity index (χ0v) is 11.7. The maximum Gasteiger partial charge on any atom is 0.243 e. The molecule has 1 fully saturated rings. The van der Waals surface area contributed by atoms with Gasteiger partial charge in [-0.25, -0.2) is 8.42 Å². The number of nitrogens with two attached hydrogens (primary N) is 1. The summed E-state index contributed by atoms with van der Waals surface area (Å²) in [6.07, 6.45) is 1.05. The minimum atomic E-state index is -3.33. The predicted molar refractivity (Wildman–Crippen MR) is 71.9 cm³/mol. The summed E-state index contributed by atoms with van der Waals surface area (Å²) in [5.41, 5.74) is 6.80. The zero-order chi connectivity index (χ0) is 13.3. The van der Waals surface area contributed by atoms with Gasteiger partial charge in [0.15, 0.2) is 0 Å². The van der Waals surface area contributed by atoms with Crippen molar-refractivity contribution in [2.45, 2.75) is 37.1 Å². The van der Waals surface area contributed by atoms with Crippen LogP contribution in [0.25, 0.3) is 0 Å². The summed E-state index contributed by atoms with van der Waals surface area (Å²) in [4.78, 5) is 0.362. The van der Waals surface area contributed by atoms with E-state index in [1.807, 2.05) is 12.1 Å². The van der Waals surface area contributed by atoms with Crippen molar-refractivity contribution in [3.8, 4) is 0 Å². The Balaban J connectivity index is 2.19. The fourth-order valence-corrected chi connectivity index (χ4v) is 3.57. The monoisotopic (exact) mass is 268 g/mol. The molecule has 100 valence electrons. The topological polar surface area (TPSA) is 63.4 Å². The summed E-state index contributed by atoms with van der Waals surface area (Å²) in [6.45, 7) is 5.11. The van der Waals surface area contributed by atoms with Gasteiger partial charge in [0.1, 0.15) is 0 Å². The highest BCUT2D eigenvalue weighted by Crippen LogP contribution is 2.24. The van der Waals surface area contributed by atoms with E-state index in [2.05, 4.69) is 13.8 Å². The van der Waals surface area contributed by atoms with Crippen molar-refractivity contribution in [2.75, 3.05) is 13.1 Å². The van der Waals surface area contributed by atoms with E-state index in [0.717, 1.165) is 6.42 Å². The van der Waals surface area contributed by atoms with Crippen LogP contribution in [0.3, 0.4) is 0 Å². The zero-order valence-electron chi connectivity index (χ0n) is 10.8. The molecule has 1 aromatic carbocycles. The molecule has 1 aliphatic rings. The molecule has 5 heteroatoms. The lowest BCUT2D eigenvalue weighted by atomic mass is 9.99. The van der Waals surface area contributed by atoms with Gasteiger partial charge in [0.25, 0.3) is 0 Å². The van der Waals surface area contributed by atoms with Gasteiger partial charge in [0.05, 0.1) is 4.90 Å². The molecule has 1 aromatic rings. The third-order valence-electron chi connectivity index (χ3n) is 3.58. The highest BCUT2D eigenvalue weighted by molar-refractivity contribution is 7.89. The third kappa shape index (κ3) is 2.43. The molecule has 2 N–H and O–H groups in total. The maximum absolute atomic E-state index is 12.2. The minimum Gasteiger partial charge on any atom is -0.325 e. The Bertz CT molecular complexity index is 504. The van der Waals surface area contributed by atoms with E-state index in [1.165, 1.54) is 9.87 Å². The van der Waals surface area contributed by atoms with Gasteiger partial charge in [-0.3, -0.25) is 0 Å². The fraction of sp³-hybridized carbons (Fsp3) is 0.538. The number of rotatable bonds is 4. The number of hydrogen-bond acceptors (Lipinski definition) is 3. The van der Waals surface area contributed by atoms with Crippen LogP contribution in [0.15, 0.2) is 29.2 Å². The SMILES string of the molecule is CCC(C)c1ccc(S(=O)(=O)N2CC(N)C2)cc1. The van der Waals surface area contributed by atoms with Crippen LogP contribution in [0.4, 0.5) is 0 Å². The first-order valence-corrected chi connectivity index (χ1v) is 7.75. The number of sulfonamides is 1. The van der Waals surface area contributed by atoms with E-state index in [4.69, 9.17) is 5.73 Å². The predicted octanol–water partition coefficient (Wildman–Crippen LogP) is 1.53. The summed E-state index contributed by atoms with van der Waals surface area (Å²) in [7, 11) is -3.33. The lowest BCUT2D eigenvalue weighted by Gasteiger charge is -2.35. The summed E-state index contributed by atoms with van der Waals surface area (Å²) in [6, 6.07) is 7.18. The van der Waals surface area contributed by atoms with E-state index in [9.17, 15) is 8.42 Å². The van der Waals surface area contributed by atoms with Crippen LogP contribution in [0.5, 0.6) is 0 Å². The van der Waals surface area contributed by atoms with E-state index >= 15 is 0 Å². The van der Waals surface area contributed by atoms with Crippen molar-refractivity contribution >= 4 is 10.0 Å². The van der Waals surface area contributed by atoms with Crippen LogP contribution in [0, 0.1) is 0 Å². The standard InChI is InChI=1S/C13H20N2O2S/c1-3-10(2)11-4-6-13(7-5-11)18(16,17)15-8-12(14)9-15/h4-7,10,12H,3,8-9,14H2,1-2H3. The summed E-state index contributed by atoms with van der Waals surface area (Å²) >= 11 is 0. The van der Waals surface area contributed by atoms with Crippen molar-refractivity contribution in [3.63, 3.8) is 0 Å². The molecule has 0 amide bonds. The Morgan fingerprint density at radius 1 is 1.33 bits per heavy atom. The Hall–Kier alpha value is -0.910. The molecule has 0 bridgehead atoms. The molecule has 18 heavy (non-hydrogen) atoms. The second-order valence-electron chi connectivity index (χ2n) is 4.96. The fourth-order valence-electron chi connectivity index (χ4n) is 2.02. The molecule has 4 nitrogen and oxygen atoms in total. The van der Waals surface area contributed by atoms with E-state index in [0.29, 0.717) is 23.9 Å². The van der Waals surface area contributed by atoms with Crippen LogP contribution in [-0.2, 0) is 10.0 Å². The van der Waals surface area contributed by atoms with Crippen molar-refractivity contribution in [1.29, 1.82) is 0 Å². The Labute approximate surface area is 109 Å². The van der Waals surface area contributed by atoms with E-state index < -0.39 is 10.0 Å². The van der Waals surface area contributed by atoms with Crippen molar-refractivity contribution in [3.05, 3.63) is 29.8 Å². The van der Waals surface area contributed by atoms with Crippen LogP contribution >= 0.6 is 0 Å². The minimum absolute atomic E-state index is 0.0147. The summed E-state index contributed by atoms with van der Waals surface area (Å²) in [5, 5.41) is 0. The van der Waals surface area contributed by atoms with Crippen LogP contribution in [0.2, 0.25) is 0 Å². The molecule has 1 saturated heterocycles. The second kappa shape index (κ2) is 4.99. The molecule has 2 rings (SSSR count). The number of hydrogen-bond donors (Lipinski definition) is 1. The Morgan fingerprint density at radius 2 is 1.89 bits per heavy atom. The van der Waals surface area contributed by atoms with Crippen LogP contribution in [-0.4, -0.2) is 31.9 Å². The lowest BCUT2D eigenvalue weighted by Crippen LogP contribution is -2.57. The van der Waals surface area contributed by atoms with E-state index in [1.54, 1.807) is 12.1 Å². The van der Waals surface area contributed by atoms with Gasteiger partial charge < -0.3 is 5.73 Å². The first-order valence-electron chi connectivity index (χ1n) is 6.31. The van der Waals surface area contributed by atoms with Gasteiger partial charge in [-0.2, -0.15) is 4.31 Å². The van der Waals surface area contributed by atoms with Gasteiger partial charge in [-0.1, -0.05) is 26.0 Å². The van der Waals surface area contributed by atoms with Crippen molar-refractivity contribution < 1.29 is 8.42 Å². The highest BCUT2D eigenvalue weighted by atomic mass is 32.2. The molecule has 0 spiro atoms. The second-order valence-corrected chi connectivity index (χ2v) is 6.90. The largest absolute Gasteiger partial charge is 0.325 e. The van der Waals surface area contributed by atoms with Gasteiger partial charge in [-0.15, -0.1) is 0 Å². The van der Waals surface area contributed by atoms with Gasteiger partial charge in [0, 0.05) is 19.1 Å². The molecule has 1 aliphatic heterocycles. The lowest BCUT2D eigenvalue weighted by molar-refractivity contribution is 0.265. The highest BCUT2D eigenvalue weighted by Gasteiger charge is 2.34. The number of benzene rings is 1. The van der Waals surface area contributed by atoms with E-state index in [-0.39, 0.29) is 6.04 Å². The number of nitrogens with zero attached hydrogens (tertiary/aromatic N) is 1. The normalized spacial score (nSPS) is 19.5. The average Bonchev–Trinajstić information content (AvgIpc) is 2.34. The smallest absolute Gasteiger partial charge is 0.243 e.